The van der Waals surface area contributed by atoms with E-state index >= 15 is 4.39 Å². The lowest BCUT2D eigenvalue weighted by molar-refractivity contribution is 0.0926. The van der Waals surface area contributed by atoms with Crippen LogP contribution in [0.3, 0.4) is 0 Å². The number of hydrogen-bond donors (Lipinski definition) is 1. The highest BCUT2D eigenvalue weighted by molar-refractivity contribution is 6.34. The van der Waals surface area contributed by atoms with Crippen molar-refractivity contribution in [3.8, 4) is 5.75 Å². The van der Waals surface area contributed by atoms with E-state index in [-0.39, 0.29) is 45.7 Å². The monoisotopic (exact) mass is 499 g/mol. The van der Waals surface area contributed by atoms with Crippen LogP contribution < -0.4 is 15.1 Å². The number of Topliss-reactive ketones (excluding diaryl/α,β-unsaturated/α-hetero) is 1. The van der Waals surface area contributed by atoms with Crippen molar-refractivity contribution in [1.29, 1.82) is 0 Å². The molecule has 1 aliphatic carbocycles. The summed E-state index contributed by atoms with van der Waals surface area (Å²) in [7, 11) is 0. The van der Waals surface area contributed by atoms with Crippen LogP contribution in [0.4, 0.5) is 14.9 Å². The van der Waals surface area contributed by atoms with E-state index in [0.717, 1.165) is 12.8 Å². The number of piperazine rings is 1. The van der Waals surface area contributed by atoms with E-state index < -0.39 is 17.4 Å². The van der Waals surface area contributed by atoms with Crippen LogP contribution in [0.5, 0.6) is 5.75 Å². The first-order chi connectivity index (χ1) is 16.8. The van der Waals surface area contributed by atoms with Gasteiger partial charge in [0, 0.05) is 37.8 Å². The highest BCUT2D eigenvalue weighted by atomic mass is 35.5. The second kappa shape index (κ2) is 9.31. The third-order valence-corrected chi connectivity index (χ3v) is 6.73. The number of fused-ring (bicyclic) bond motifs is 1. The average molecular weight is 500 g/mol. The Balaban J connectivity index is 1.42. The SMILES string of the molecule is O=C(O)Oc1cn(C2CC2)c2c(F)c(N3CCN(CC(=O)c4ccccc4)CC3)c(Cl)cc2c1=O. The van der Waals surface area contributed by atoms with Crippen LogP contribution in [0.2, 0.25) is 5.02 Å². The molecule has 0 amide bonds. The Morgan fingerprint density at radius 1 is 1.11 bits per heavy atom. The number of rotatable bonds is 6. The zero-order chi connectivity index (χ0) is 24.7. The third kappa shape index (κ3) is 4.61. The van der Waals surface area contributed by atoms with Crippen molar-refractivity contribution >= 4 is 40.1 Å². The summed E-state index contributed by atoms with van der Waals surface area (Å²) in [5, 5.41) is 9.02. The van der Waals surface area contributed by atoms with Gasteiger partial charge in [0.05, 0.1) is 34.4 Å². The van der Waals surface area contributed by atoms with Gasteiger partial charge in [-0.15, -0.1) is 0 Å². The second-order valence-corrected chi connectivity index (χ2v) is 9.21. The molecule has 35 heavy (non-hydrogen) atoms. The van der Waals surface area contributed by atoms with Gasteiger partial charge in [0.2, 0.25) is 5.43 Å². The molecule has 10 heteroatoms. The van der Waals surface area contributed by atoms with E-state index in [1.165, 1.54) is 12.3 Å². The van der Waals surface area contributed by atoms with Crippen LogP contribution in [0.1, 0.15) is 29.2 Å². The summed E-state index contributed by atoms with van der Waals surface area (Å²) < 4.78 is 22.2. The molecule has 2 aliphatic rings. The van der Waals surface area contributed by atoms with Crippen LogP contribution in [-0.4, -0.2) is 59.2 Å². The number of ketones is 1. The third-order valence-electron chi connectivity index (χ3n) is 6.44. The number of halogens is 2. The van der Waals surface area contributed by atoms with Crippen molar-refractivity contribution < 1.29 is 23.8 Å². The fourth-order valence-electron chi connectivity index (χ4n) is 4.55. The molecule has 1 saturated heterocycles. The number of carbonyl (C=O) groups is 2. The summed E-state index contributed by atoms with van der Waals surface area (Å²) >= 11 is 6.47. The number of pyridine rings is 1. The van der Waals surface area contributed by atoms with E-state index in [9.17, 15) is 14.4 Å². The van der Waals surface area contributed by atoms with Crippen LogP contribution in [0, 0.1) is 5.82 Å². The van der Waals surface area contributed by atoms with Crippen molar-refractivity contribution in [2.45, 2.75) is 18.9 Å². The lowest BCUT2D eigenvalue weighted by atomic mass is 10.1. The predicted octanol–water partition coefficient (Wildman–Crippen LogP) is 4.19. The summed E-state index contributed by atoms with van der Waals surface area (Å²) in [5.74, 6) is -0.967. The number of carbonyl (C=O) groups excluding carboxylic acids is 1. The summed E-state index contributed by atoms with van der Waals surface area (Å²) in [6.07, 6.45) is 1.23. The lowest BCUT2D eigenvalue weighted by Crippen LogP contribution is -2.48. The summed E-state index contributed by atoms with van der Waals surface area (Å²) in [5.41, 5.74) is 0.226. The van der Waals surface area contributed by atoms with Crippen LogP contribution in [0.15, 0.2) is 47.4 Å². The number of benzene rings is 2. The number of nitrogens with zero attached hydrogens (tertiary/aromatic N) is 3. The summed E-state index contributed by atoms with van der Waals surface area (Å²) in [6.45, 7) is 2.29. The largest absolute Gasteiger partial charge is 0.511 e. The molecule has 1 aliphatic heterocycles. The molecule has 0 bridgehead atoms. The van der Waals surface area contributed by atoms with Gasteiger partial charge in [-0.2, -0.15) is 0 Å². The van der Waals surface area contributed by atoms with E-state index in [1.807, 2.05) is 28.0 Å². The smallest absolute Gasteiger partial charge is 0.449 e. The molecule has 0 radical (unpaired) electrons. The Bertz CT molecular complexity index is 1370. The molecule has 3 aromatic rings. The summed E-state index contributed by atoms with van der Waals surface area (Å²) in [6, 6.07) is 10.4. The standard InChI is InChI=1S/C25H23ClFN3O5/c26-18-12-17-22(30(16-6-7-16)14-20(24(17)32)35-25(33)34)21(27)23(18)29-10-8-28(9-11-29)13-19(31)15-4-2-1-3-5-15/h1-5,12,14,16H,6-11,13H2,(H,33,34). The Kier molecular flexibility index (Phi) is 6.21. The quantitative estimate of drug-likeness (QED) is 0.401. The first-order valence-electron chi connectivity index (χ1n) is 11.4. The van der Waals surface area contributed by atoms with Gasteiger partial charge < -0.3 is 19.3 Å². The van der Waals surface area contributed by atoms with Gasteiger partial charge in [-0.25, -0.2) is 9.18 Å². The van der Waals surface area contributed by atoms with Crippen molar-refractivity contribution in [3.05, 3.63) is 69.2 Å². The molecule has 0 unspecified atom stereocenters. The minimum absolute atomic E-state index is 0.0195. The normalized spacial score (nSPS) is 16.5. The first kappa shape index (κ1) is 23.3. The Labute approximate surface area is 205 Å². The van der Waals surface area contributed by atoms with Crippen LogP contribution >= 0.6 is 11.6 Å². The average Bonchev–Trinajstić information content (AvgIpc) is 3.68. The number of ether oxygens (including phenoxy) is 1. The molecule has 2 aromatic carbocycles. The molecule has 1 N–H and O–H groups in total. The Morgan fingerprint density at radius 2 is 1.80 bits per heavy atom. The number of hydrogen-bond acceptors (Lipinski definition) is 6. The molecule has 8 nitrogen and oxygen atoms in total. The highest BCUT2D eigenvalue weighted by Crippen LogP contribution is 2.41. The number of aromatic nitrogens is 1. The highest BCUT2D eigenvalue weighted by Gasteiger charge is 2.31. The molecular formula is C25H23ClFN3O5. The first-order valence-corrected chi connectivity index (χ1v) is 11.7. The van der Waals surface area contributed by atoms with Gasteiger partial charge in [0.1, 0.15) is 0 Å². The molecule has 1 saturated carbocycles. The molecule has 0 spiro atoms. The van der Waals surface area contributed by atoms with Gasteiger partial charge in [-0.1, -0.05) is 41.9 Å². The van der Waals surface area contributed by atoms with Gasteiger partial charge in [0.15, 0.2) is 17.3 Å². The maximum atomic E-state index is 16.0. The van der Waals surface area contributed by atoms with E-state index in [1.54, 1.807) is 16.7 Å². The maximum absolute atomic E-state index is 16.0. The minimum atomic E-state index is -1.62. The lowest BCUT2D eigenvalue weighted by Gasteiger charge is -2.36. The van der Waals surface area contributed by atoms with Gasteiger partial charge >= 0.3 is 6.16 Å². The maximum Gasteiger partial charge on any atom is 0.511 e. The Morgan fingerprint density at radius 3 is 2.43 bits per heavy atom. The number of anilines is 1. The molecule has 1 aromatic heterocycles. The van der Waals surface area contributed by atoms with E-state index in [4.69, 9.17) is 16.7 Å². The van der Waals surface area contributed by atoms with Gasteiger partial charge in [0.25, 0.3) is 0 Å². The molecule has 0 atom stereocenters. The topological polar surface area (TPSA) is 92.1 Å². The van der Waals surface area contributed by atoms with Crippen molar-refractivity contribution in [2.24, 2.45) is 0 Å². The molecular weight excluding hydrogens is 477 g/mol. The van der Waals surface area contributed by atoms with Crippen molar-refractivity contribution in [3.63, 3.8) is 0 Å². The molecule has 182 valence electrons. The van der Waals surface area contributed by atoms with Gasteiger partial charge in [-0.05, 0) is 18.9 Å². The fourth-order valence-corrected chi connectivity index (χ4v) is 4.86. The molecule has 2 fully saturated rings. The van der Waals surface area contributed by atoms with Gasteiger partial charge in [-0.3, -0.25) is 14.5 Å². The predicted molar refractivity (Wildman–Crippen MR) is 130 cm³/mol. The van der Waals surface area contributed by atoms with Crippen LogP contribution in [-0.2, 0) is 0 Å². The Hall–Kier alpha value is -3.43. The van der Waals surface area contributed by atoms with E-state index in [0.29, 0.717) is 31.7 Å². The minimum Gasteiger partial charge on any atom is -0.449 e. The van der Waals surface area contributed by atoms with Crippen LogP contribution in [0.25, 0.3) is 10.9 Å². The van der Waals surface area contributed by atoms with Crippen molar-refractivity contribution in [2.75, 3.05) is 37.6 Å². The van der Waals surface area contributed by atoms with E-state index in [2.05, 4.69) is 4.74 Å². The molecule has 2 heterocycles. The fraction of sp³-hybridized carbons (Fsp3) is 0.320. The number of carboxylic acid groups (broad SMARTS) is 1. The van der Waals surface area contributed by atoms with Crippen molar-refractivity contribution in [1.82, 2.24) is 9.47 Å². The zero-order valence-corrected chi connectivity index (χ0v) is 19.5. The second-order valence-electron chi connectivity index (χ2n) is 8.80. The summed E-state index contributed by atoms with van der Waals surface area (Å²) in [4.78, 5) is 40.2. The molecule has 5 rings (SSSR count). The zero-order valence-electron chi connectivity index (χ0n) is 18.7.